The molecule has 4 nitrogen and oxygen atoms in total. The molecule has 0 aliphatic heterocycles. The number of fused-ring (bicyclic) bond motifs is 1. The topological polar surface area (TPSA) is 50.7 Å². The molecule has 1 N–H and O–H groups in total. The van der Waals surface area contributed by atoms with Crippen molar-refractivity contribution >= 4 is 11.0 Å². The van der Waals surface area contributed by atoms with Gasteiger partial charge >= 0.3 is 0 Å². The highest BCUT2D eigenvalue weighted by Crippen LogP contribution is 2.32. The van der Waals surface area contributed by atoms with Gasteiger partial charge in [0.15, 0.2) is 0 Å². The second kappa shape index (κ2) is 5.13. The van der Waals surface area contributed by atoms with Gasteiger partial charge in [-0.2, -0.15) is 0 Å². The summed E-state index contributed by atoms with van der Waals surface area (Å²) in [7, 11) is 0. The average Bonchev–Trinajstić information content (AvgIpc) is 3.17. The molecule has 1 aliphatic carbocycles. The molecule has 1 fully saturated rings. The van der Waals surface area contributed by atoms with Crippen molar-refractivity contribution in [2.45, 2.75) is 38.6 Å². The largest absolute Gasteiger partial charge is 0.343 e. The van der Waals surface area contributed by atoms with Crippen LogP contribution in [0.2, 0.25) is 0 Å². The van der Waals surface area contributed by atoms with Crippen molar-refractivity contribution in [2.75, 3.05) is 0 Å². The SMILES string of the molecule is Cc1cc2c(=O)n(C3CCCC3)c(-c3ccccc3)nc2[nH]1. The van der Waals surface area contributed by atoms with E-state index in [0.29, 0.717) is 11.0 Å². The standard InChI is InChI=1S/C18H19N3O/c1-12-11-15-16(19-12)20-17(13-7-3-2-4-8-13)21(18(15)22)14-9-5-6-10-14/h2-4,7-8,11,14,19H,5-6,9-10H2,1H3. The zero-order valence-corrected chi connectivity index (χ0v) is 12.7. The molecule has 2 heterocycles. The predicted octanol–water partition coefficient (Wildman–Crippen LogP) is 3.82. The Hall–Kier alpha value is -2.36. The van der Waals surface area contributed by atoms with E-state index in [1.54, 1.807) is 0 Å². The fourth-order valence-corrected chi connectivity index (χ4v) is 3.50. The van der Waals surface area contributed by atoms with Crippen LogP contribution in [0.4, 0.5) is 0 Å². The average molecular weight is 293 g/mol. The van der Waals surface area contributed by atoms with Gasteiger partial charge in [-0.15, -0.1) is 0 Å². The fourth-order valence-electron chi connectivity index (χ4n) is 3.50. The number of H-pyrrole nitrogens is 1. The van der Waals surface area contributed by atoms with Crippen LogP contribution in [-0.4, -0.2) is 14.5 Å². The van der Waals surface area contributed by atoms with Gasteiger partial charge in [-0.3, -0.25) is 9.36 Å². The van der Waals surface area contributed by atoms with Crippen LogP contribution in [-0.2, 0) is 0 Å². The molecule has 3 aromatic rings. The van der Waals surface area contributed by atoms with Crippen molar-refractivity contribution in [1.29, 1.82) is 0 Å². The van der Waals surface area contributed by atoms with Crippen molar-refractivity contribution in [1.82, 2.24) is 14.5 Å². The van der Waals surface area contributed by atoms with Crippen molar-refractivity contribution in [3.05, 3.63) is 52.4 Å². The first-order chi connectivity index (χ1) is 10.7. The number of hydrogen-bond acceptors (Lipinski definition) is 2. The van der Waals surface area contributed by atoms with E-state index in [-0.39, 0.29) is 11.6 Å². The van der Waals surface area contributed by atoms with Crippen LogP contribution < -0.4 is 5.56 Å². The molecular weight excluding hydrogens is 274 g/mol. The lowest BCUT2D eigenvalue weighted by molar-refractivity contribution is 0.505. The minimum absolute atomic E-state index is 0.0834. The van der Waals surface area contributed by atoms with Gasteiger partial charge in [0.1, 0.15) is 11.5 Å². The third kappa shape index (κ3) is 2.06. The van der Waals surface area contributed by atoms with Gasteiger partial charge in [0.05, 0.1) is 5.39 Å². The highest BCUT2D eigenvalue weighted by atomic mass is 16.1. The molecule has 0 unspecified atom stereocenters. The smallest absolute Gasteiger partial charge is 0.263 e. The predicted molar refractivity (Wildman–Crippen MR) is 88.0 cm³/mol. The van der Waals surface area contributed by atoms with Crippen LogP contribution in [0.5, 0.6) is 0 Å². The van der Waals surface area contributed by atoms with Gasteiger partial charge in [-0.25, -0.2) is 4.98 Å². The first-order valence-electron chi connectivity index (χ1n) is 7.91. The molecule has 4 rings (SSSR count). The molecule has 0 amide bonds. The quantitative estimate of drug-likeness (QED) is 0.781. The highest BCUT2D eigenvalue weighted by Gasteiger charge is 2.23. The van der Waals surface area contributed by atoms with Crippen LogP contribution in [0.15, 0.2) is 41.2 Å². The Bertz CT molecular complexity index is 870. The lowest BCUT2D eigenvalue weighted by Gasteiger charge is -2.18. The number of hydrogen-bond donors (Lipinski definition) is 1. The number of aromatic nitrogens is 3. The maximum atomic E-state index is 13.0. The van der Waals surface area contributed by atoms with Gasteiger partial charge in [-0.1, -0.05) is 43.2 Å². The van der Waals surface area contributed by atoms with E-state index in [9.17, 15) is 4.79 Å². The van der Waals surface area contributed by atoms with Gasteiger partial charge in [0.25, 0.3) is 5.56 Å². The van der Waals surface area contributed by atoms with Crippen molar-refractivity contribution in [3.8, 4) is 11.4 Å². The maximum Gasteiger partial charge on any atom is 0.263 e. The van der Waals surface area contributed by atoms with Crippen LogP contribution in [0.25, 0.3) is 22.4 Å². The summed E-state index contributed by atoms with van der Waals surface area (Å²) < 4.78 is 1.93. The van der Waals surface area contributed by atoms with E-state index in [4.69, 9.17) is 4.98 Å². The number of aryl methyl sites for hydroxylation is 1. The summed E-state index contributed by atoms with van der Waals surface area (Å²) in [6.45, 7) is 1.96. The fraction of sp³-hybridized carbons (Fsp3) is 0.333. The zero-order valence-electron chi connectivity index (χ0n) is 12.7. The second-order valence-corrected chi connectivity index (χ2v) is 6.13. The van der Waals surface area contributed by atoms with E-state index in [1.807, 2.05) is 47.9 Å². The molecule has 22 heavy (non-hydrogen) atoms. The van der Waals surface area contributed by atoms with Crippen molar-refractivity contribution in [3.63, 3.8) is 0 Å². The Labute approximate surface area is 128 Å². The number of benzene rings is 1. The molecule has 1 aromatic carbocycles. The Balaban J connectivity index is 2.04. The van der Waals surface area contributed by atoms with E-state index >= 15 is 0 Å². The molecule has 112 valence electrons. The minimum Gasteiger partial charge on any atom is -0.343 e. The Morgan fingerprint density at radius 3 is 2.64 bits per heavy atom. The lowest BCUT2D eigenvalue weighted by Crippen LogP contribution is -2.26. The van der Waals surface area contributed by atoms with Gasteiger partial charge < -0.3 is 4.98 Å². The summed E-state index contributed by atoms with van der Waals surface area (Å²) in [5, 5.41) is 0.698. The summed E-state index contributed by atoms with van der Waals surface area (Å²) in [4.78, 5) is 21.0. The molecule has 4 heteroatoms. The molecular formula is C18H19N3O. The first-order valence-corrected chi connectivity index (χ1v) is 7.91. The minimum atomic E-state index is 0.0834. The molecule has 0 radical (unpaired) electrons. The number of nitrogens with one attached hydrogen (secondary N) is 1. The van der Waals surface area contributed by atoms with Crippen LogP contribution in [0.1, 0.15) is 37.4 Å². The van der Waals surface area contributed by atoms with Gasteiger partial charge in [0, 0.05) is 17.3 Å². The normalized spacial score (nSPS) is 15.7. The first kappa shape index (κ1) is 13.3. The highest BCUT2D eigenvalue weighted by molar-refractivity contribution is 5.78. The summed E-state index contributed by atoms with van der Waals surface area (Å²) >= 11 is 0. The molecule has 0 atom stereocenters. The third-order valence-electron chi connectivity index (χ3n) is 4.55. The third-order valence-corrected chi connectivity index (χ3v) is 4.55. The number of rotatable bonds is 2. The Kier molecular flexibility index (Phi) is 3.10. The monoisotopic (exact) mass is 293 g/mol. The Morgan fingerprint density at radius 1 is 1.18 bits per heavy atom. The zero-order chi connectivity index (χ0) is 15.1. The van der Waals surface area contributed by atoms with Gasteiger partial charge in [0.2, 0.25) is 0 Å². The van der Waals surface area contributed by atoms with E-state index in [1.165, 1.54) is 12.8 Å². The van der Waals surface area contributed by atoms with E-state index in [0.717, 1.165) is 29.9 Å². The summed E-state index contributed by atoms with van der Waals surface area (Å²) in [5.41, 5.74) is 2.75. The molecule has 0 saturated heterocycles. The molecule has 1 aliphatic rings. The maximum absolute atomic E-state index is 13.0. The number of nitrogens with zero attached hydrogens (tertiary/aromatic N) is 2. The van der Waals surface area contributed by atoms with Crippen LogP contribution >= 0.6 is 0 Å². The van der Waals surface area contributed by atoms with Crippen LogP contribution in [0, 0.1) is 6.92 Å². The molecule has 2 aromatic heterocycles. The molecule has 1 saturated carbocycles. The van der Waals surface area contributed by atoms with E-state index < -0.39 is 0 Å². The van der Waals surface area contributed by atoms with Crippen molar-refractivity contribution < 1.29 is 0 Å². The summed E-state index contributed by atoms with van der Waals surface area (Å²) in [6.07, 6.45) is 4.51. The Morgan fingerprint density at radius 2 is 1.91 bits per heavy atom. The van der Waals surface area contributed by atoms with Gasteiger partial charge in [-0.05, 0) is 25.8 Å². The molecule has 0 spiro atoms. The second-order valence-electron chi connectivity index (χ2n) is 6.13. The van der Waals surface area contributed by atoms with E-state index in [2.05, 4.69) is 4.98 Å². The summed E-state index contributed by atoms with van der Waals surface area (Å²) in [5.74, 6) is 0.784. The van der Waals surface area contributed by atoms with Crippen molar-refractivity contribution in [2.24, 2.45) is 0 Å². The van der Waals surface area contributed by atoms with Crippen LogP contribution in [0.3, 0.4) is 0 Å². The lowest BCUT2D eigenvalue weighted by atomic mass is 10.1. The number of aromatic amines is 1. The molecule has 0 bridgehead atoms. The summed E-state index contributed by atoms with van der Waals surface area (Å²) in [6, 6.07) is 12.2.